The molecular weight excluding hydrogens is 212 g/mol. The van der Waals surface area contributed by atoms with Crippen molar-refractivity contribution >= 4 is 17.7 Å². The van der Waals surface area contributed by atoms with Crippen LogP contribution in [-0.2, 0) is 0 Å². The van der Waals surface area contributed by atoms with Crippen LogP contribution in [-0.4, -0.2) is 11.2 Å². The van der Waals surface area contributed by atoms with Crippen LogP contribution in [0.2, 0.25) is 5.02 Å². The molecule has 1 aromatic carbocycles. The predicted octanol–water partition coefficient (Wildman–Crippen LogP) is 2.13. The number of rotatable bonds is 2. The van der Waals surface area contributed by atoms with Crippen molar-refractivity contribution in [1.82, 2.24) is 0 Å². The summed E-state index contributed by atoms with van der Waals surface area (Å²) in [5.74, 6) is 0. The summed E-state index contributed by atoms with van der Waals surface area (Å²) in [5.41, 5.74) is 0.579. The van der Waals surface area contributed by atoms with Crippen molar-refractivity contribution in [1.29, 1.82) is 10.5 Å². The van der Waals surface area contributed by atoms with Gasteiger partial charge in [0.05, 0.1) is 17.7 Å². The van der Waals surface area contributed by atoms with E-state index < -0.39 is 6.10 Å². The molecular formula is C11H7ClN2O. The third kappa shape index (κ3) is 2.82. The van der Waals surface area contributed by atoms with Gasteiger partial charge < -0.3 is 5.11 Å². The van der Waals surface area contributed by atoms with E-state index in [1.807, 2.05) is 0 Å². The van der Waals surface area contributed by atoms with Crippen LogP contribution in [0.25, 0.3) is 6.08 Å². The molecule has 1 rings (SSSR count). The molecule has 0 saturated heterocycles. The number of nitrogens with zero attached hydrogens (tertiary/aromatic N) is 2. The molecule has 0 bridgehead atoms. The summed E-state index contributed by atoms with van der Waals surface area (Å²) in [6, 6.07) is 10.2. The summed E-state index contributed by atoms with van der Waals surface area (Å²) in [4.78, 5) is 0. The lowest BCUT2D eigenvalue weighted by Gasteiger charge is -2.00. The summed E-state index contributed by atoms with van der Waals surface area (Å²) < 4.78 is 0. The van der Waals surface area contributed by atoms with Crippen molar-refractivity contribution in [2.24, 2.45) is 0 Å². The minimum Gasteiger partial charge on any atom is -0.373 e. The summed E-state index contributed by atoms with van der Waals surface area (Å²) in [6.45, 7) is 0. The van der Waals surface area contributed by atoms with Crippen LogP contribution in [0.15, 0.2) is 29.8 Å². The fourth-order valence-corrected chi connectivity index (χ4v) is 1.19. The van der Waals surface area contributed by atoms with Crippen LogP contribution in [0.4, 0.5) is 0 Å². The summed E-state index contributed by atoms with van der Waals surface area (Å²) >= 11 is 5.85. The molecule has 0 aliphatic heterocycles. The van der Waals surface area contributed by atoms with Crippen LogP contribution >= 0.6 is 11.6 Å². The monoisotopic (exact) mass is 218 g/mol. The standard InChI is InChI=1S/C11H7ClN2O/c12-10-4-2-1-3-8(10)5-9(6-13)11(15)7-14/h1-5,11,15H. The van der Waals surface area contributed by atoms with Gasteiger partial charge in [-0.3, -0.25) is 0 Å². The third-order valence-corrected chi connectivity index (χ3v) is 2.11. The van der Waals surface area contributed by atoms with Crippen LogP contribution in [0.3, 0.4) is 0 Å². The molecule has 1 aromatic rings. The zero-order valence-corrected chi connectivity index (χ0v) is 8.44. The smallest absolute Gasteiger partial charge is 0.175 e. The van der Waals surface area contributed by atoms with Gasteiger partial charge in [0.15, 0.2) is 6.10 Å². The van der Waals surface area contributed by atoms with Crippen LogP contribution in [0.5, 0.6) is 0 Å². The van der Waals surface area contributed by atoms with Gasteiger partial charge in [0.2, 0.25) is 0 Å². The van der Waals surface area contributed by atoms with Gasteiger partial charge in [0.1, 0.15) is 0 Å². The molecule has 0 aliphatic carbocycles. The number of aliphatic hydroxyl groups excluding tert-OH is 1. The van der Waals surface area contributed by atoms with Gasteiger partial charge in [-0.2, -0.15) is 10.5 Å². The number of nitriles is 2. The number of hydrogen-bond acceptors (Lipinski definition) is 3. The van der Waals surface area contributed by atoms with E-state index in [-0.39, 0.29) is 5.57 Å². The first-order chi connectivity index (χ1) is 7.19. The Hall–Kier alpha value is -1.81. The van der Waals surface area contributed by atoms with Gasteiger partial charge in [0, 0.05) is 5.02 Å². The summed E-state index contributed by atoms with van der Waals surface area (Å²) in [6.07, 6.45) is -0.0118. The van der Waals surface area contributed by atoms with Crippen LogP contribution < -0.4 is 0 Å². The Morgan fingerprint density at radius 3 is 2.60 bits per heavy atom. The number of hydrogen-bond donors (Lipinski definition) is 1. The van der Waals surface area contributed by atoms with Gasteiger partial charge in [-0.25, -0.2) is 0 Å². The van der Waals surface area contributed by atoms with Gasteiger partial charge >= 0.3 is 0 Å². The molecule has 0 spiro atoms. The molecule has 0 aliphatic rings. The predicted molar refractivity (Wildman–Crippen MR) is 56.7 cm³/mol. The molecule has 1 N–H and O–H groups in total. The maximum Gasteiger partial charge on any atom is 0.175 e. The van der Waals surface area contributed by atoms with Crippen molar-refractivity contribution in [2.75, 3.05) is 0 Å². The zero-order valence-electron chi connectivity index (χ0n) is 7.68. The fraction of sp³-hybridized carbons (Fsp3) is 0.0909. The molecule has 4 heteroatoms. The maximum atomic E-state index is 9.17. The molecule has 0 amide bonds. The van der Waals surface area contributed by atoms with Crippen molar-refractivity contribution in [2.45, 2.75) is 6.10 Å². The van der Waals surface area contributed by atoms with E-state index in [2.05, 4.69) is 0 Å². The molecule has 15 heavy (non-hydrogen) atoms. The van der Waals surface area contributed by atoms with E-state index in [4.69, 9.17) is 22.1 Å². The Morgan fingerprint density at radius 2 is 2.07 bits per heavy atom. The SMILES string of the molecule is N#CC(=Cc1ccccc1Cl)C(O)C#N. The topological polar surface area (TPSA) is 67.8 Å². The highest BCUT2D eigenvalue weighted by Crippen LogP contribution is 2.18. The average Bonchev–Trinajstić information content (AvgIpc) is 2.27. The quantitative estimate of drug-likeness (QED) is 0.611. The Kier molecular flexibility index (Phi) is 3.88. The number of aliphatic hydroxyl groups is 1. The van der Waals surface area contributed by atoms with Gasteiger partial charge in [-0.15, -0.1) is 0 Å². The number of benzene rings is 1. The van der Waals surface area contributed by atoms with E-state index in [0.29, 0.717) is 10.6 Å². The molecule has 1 atom stereocenters. The normalized spacial score (nSPS) is 12.7. The second-order valence-corrected chi connectivity index (χ2v) is 3.17. The Morgan fingerprint density at radius 1 is 1.40 bits per heavy atom. The summed E-state index contributed by atoms with van der Waals surface area (Å²) in [7, 11) is 0. The Bertz CT molecular complexity index is 468. The number of halogens is 1. The summed E-state index contributed by atoms with van der Waals surface area (Å²) in [5, 5.41) is 26.8. The largest absolute Gasteiger partial charge is 0.373 e. The van der Waals surface area contributed by atoms with Gasteiger partial charge in [0.25, 0.3) is 0 Å². The first kappa shape index (κ1) is 11.3. The molecule has 0 heterocycles. The van der Waals surface area contributed by atoms with Gasteiger partial charge in [-0.05, 0) is 17.7 Å². The lowest BCUT2D eigenvalue weighted by Crippen LogP contribution is -2.04. The molecule has 74 valence electrons. The minimum atomic E-state index is -1.41. The van der Waals surface area contributed by atoms with Crippen molar-refractivity contribution in [3.8, 4) is 12.1 Å². The van der Waals surface area contributed by atoms with E-state index >= 15 is 0 Å². The van der Waals surface area contributed by atoms with Crippen molar-refractivity contribution in [3.05, 3.63) is 40.4 Å². The molecule has 1 unspecified atom stereocenters. The Labute approximate surface area is 92.4 Å². The van der Waals surface area contributed by atoms with Crippen molar-refractivity contribution < 1.29 is 5.11 Å². The molecule has 0 radical (unpaired) electrons. The highest BCUT2D eigenvalue weighted by molar-refractivity contribution is 6.32. The van der Waals surface area contributed by atoms with E-state index in [9.17, 15) is 5.11 Å². The van der Waals surface area contributed by atoms with E-state index in [0.717, 1.165) is 0 Å². The first-order valence-electron chi connectivity index (χ1n) is 4.13. The first-order valence-corrected chi connectivity index (χ1v) is 4.50. The minimum absolute atomic E-state index is 0.0226. The molecule has 0 fully saturated rings. The van der Waals surface area contributed by atoms with Crippen LogP contribution in [0, 0.1) is 22.7 Å². The highest BCUT2D eigenvalue weighted by Gasteiger charge is 2.09. The van der Waals surface area contributed by atoms with E-state index in [1.165, 1.54) is 6.08 Å². The average molecular weight is 219 g/mol. The zero-order chi connectivity index (χ0) is 11.3. The van der Waals surface area contributed by atoms with Gasteiger partial charge in [-0.1, -0.05) is 29.8 Å². The molecule has 3 nitrogen and oxygen atoms in total. The van der Waals surface area contributed by atoms with Crippen molar-refractivity contribution in [3.63, 3.8) is 0 Å². The maximum absolute atomic E-state index is 9.17. The Balaban J connectivity index is 3.12. The lowest BCUT2D eigenvalue weighted by atomic mass is 10.1. The molecule has 0 saturated carbocycles. The third-order valence-electron chi connectivity index (χ3n) is 1.76. The lowest BCUT2D eigenvalue weighted by molar-refractivity contribution is 0.271. The second-order valence-electron chi connectivity index (χ2n) is 2.76. The molecule has 0 aromatic heterocycles. The highest BCUT2D eigenvalue weighted by atomic mass is 35.5. The van der Waals surface area contributed by atoms with E-state index in [1.54, 1.807) is 36.4 Å². The second kappa shape index (κ2) is 5.17. The fourth-order valence-electron chi connectivity index (χ4n) is 1.00. The van der Waals surface area contributed by atoms with Crippen LogP contribution in [0.1, 0.15) is 5.56 Å².